The van der Waals surface area contributed by atoms with Crippen LogP contribution in [0, 0.1) is 29.1 Å². The number of carbonyl (C=O) groups excluding carboxylic acids is 1. The van der Waals surface area contributed by atoms with E-state index in [0.29, 0.717) is 17.1 Å². The highest BCUT2D eigenvalue weighted by Gasteiger charge is 2.52. The second-order valence-corrected chi connectivity index (χ2v) is 6.61. The van der Waals surface area contributed by atoms with Crippen molar-refractivity contribution in [3.63, 3.8) is 0 Å². The summed E-state index contributed by atoms with van der Waals surface area (Å²) in [6.07, 6.45) is 5.72. The third kappa shape index (κ3) is 1.63. The van der Waals surface area contributed by atoms with Crippen LogP contribution in [-0.2, 0) is 4.79 Å². The minimum Gasteiger partial charge on any atom is -0.299 e. The van der Waals surface area contributed by atoms with Crippen LogP contribution < -0.4 is 0 Å². The maximum absolute atomic E-state index is 12.1. The quantitative estimate of drug-likeness (QED) is 0.654. The van der Waals surface area contributed by atoms with Crippen molar-refractivity contribution in [3.05, 3.63) is 0 Å². The van der Waals surface area contributed by atoms with Crippen LogP contribution in [0.15, 0.2) is 0 Å². The molecule has 0 saturated heterocycles. The molecule has 1 nitrogen and oxygen atoms in total. The Balaban J connectivity index is 2.34. The molecule has 0 spiro atoms. The Bertz CT molecular complexity index is 281. The standard InChI is InChI=1S/C15H26O/c1-10(2)12-6-5-7-13-14(16)9-8-11(3)15(12,13)4/h10-13H,5-9H2,1-4H3. The second kappa shape index (κ2) is 4.16. The molecule has 0 radical (unpaired) electrons. The fourth-order valence-electron chi connectivity index (χ4n) is 4.53. The maximum Gasteiger partial charge on any atom is 0.136 e. The van der Waals surface area contributed by atoms with Crippen molar-refractivity contribution in [2.45, 2.75) is 59.8 Å². The van der Waals surface area contributed by atoms with Gasteiger partial charge in [-0.2, -0.15) is 0 Å². The number of rotatable bonds is 1. The summed E-state index contributed by atoms with van der Waals surface area (Å²) in [6.45, 7) is 9.46. The molecule has 0 amide bonds. The van der Waals surface area contributed by atoms with Gasteiger partial charge in [0.15, 0.2) is 0 Å². The number of ketones is 1. The van der Waals surface area contributed by atoms with Crippen LogP contribution in [0.3, 0.4) is 0 Å². The Hall–Kier alpha value is -0.330. The van der Waals surface area contributed by atoms with E-state index in [1.54, 1.807) is 0 Å². The lowest BCUT2D eigenvalue weighted by Gasteiger charge is -2.54. The van der Waals surface area contributed by atoms with Gasteiger partial charge < -0.3 is 0 Å². The molecule has 0 aromatic rings. The Labute approximate surface area is 100.0 Å². The van der Waals surface area contributed by atoms with Crippen LogP contribution in [0.25, 0.3) is 0 Å². The predicted molar refractivity (Wildman–Crippen MR) is 67.2 cm³/mol. The average molecular weight is 222 g/mol. The summed E-state index contributed by atoms with van der Waals surface area (Å²) >= 11 is 0. The third-order valence-electron chi connectivity index (χ3n) is 5.64. The first kappa shape index (κ1) is 12.1. The van der Waals surface area contributed by atoms with Crippen LogP contribution >= 0.6 is 0 Å². The number of fused-ring (bicyclic) bond motifs is 1. The summed E-state index contributed by atoms with van der Waals surface area (Å²) in [5.74, 6) is 3.14. The highest BCUT2D eigenvalue weighted by Crippen LogP contribution is 2.56. The van der Waals surface area contributed by atoms with Crippen molar-refractivity contribution in [1.82, 2.24) is 0 Å². The van der Waals surface area contributed by atoms with E-state index in [2.05, 4.69) is 27.7 Å². The van der Waals surface area contributed by atoms with E-state index in [4.69, 9.17) is 0 Å². The summed E-state index contributed by atoms with van der Waals surface area (Å²) in [7, 11) is 0. The van der Waals surface area contributed by atoms with E-state index < -0.39 is 0 Å². The summed E-state index contributed by atoms with van der Waals surface area (Å²) in [6, 6.07) is 0. The SMILES string of the molecule is CC(C)C1CCCC2C(=O)CCC(C)C21C. The summed E-state index contributed by atoms with van der Waals surface area (Å²) in [4.78, 5) is 12.1. The molecule has 2 aliphatic rings. The largest absolute Gasteiger partial charge is 0.299 e. The number of hydrogen-bond donors (Lipinski definition) is 0. The molecule has 0 aliphatic heterocycles. The Kier molecular flexibility index (Phi) is 3.16. The lowest BCUT2D eigenvalue weighted by molar-refractivity contribution is -0.143. The van der Waals surface area contributed by atoms with Gasteiger partial charge in [0.2, 0.25) is 0 Å². The normalized spacial score (nSPS) is 44.6. The molecule has 4 unspecified atom stereocenters. The Morgan fingerprint density at radius 3 is 2.56 bits per heavy atom. The van der Waals surface area contributed by atoms with Crippen LogP contribution in [0.2, 0.25) is 0 Å². The van der Waals surface area contributed by atoms with Crippen molar-refractivity contribution >= 4 is 5.78 Å². The monoisotopic (exact) mass is 222 g/mol. The van der Waals surface area contributed by atoms with Gasteiger partial charge in [-0.15, -0.1) is 0 Å². The molecule has 0 N–H and O–H groups in total. The lowest BCUT2D eigenvalue weighted by atomic mass is 9.49. The molecule has 2 fully saturated rings. The molecule has 16 heavy (non-hydrogen) atoms. The van der Waals surface area contributed by atoms with Crippen LogP contribution in [0.4, 0.5) is 0 Å². The summed E-state index contributed by atoms with van der Waals surface area (Å²) in [5, 5.41) is 0. The van der Waals surface area contributed by atoms with Crippen molar-refractivity contribution in [1.29, 1.82) is 0 Å². The van der Waals surface area contributed by atoms with Gasteiger partial charge in [0.1, 0.15) is 5.78 Å². The predicted octanol–water partition coefficient (Wildman–Crippen LogP) is 4.06. The molecule has 1 heteroatoms. The van der Waals surface area contributed by atoms with Crippen molar-refractivity contribution in [2.24, 2.45) is 29.1 Å². The van der Waals surface area contributed by atoms with Gasteiger partial charge >= 0.3 is 0 Å². The molecule has 0 bridgehead atoms. The van der Waals surface area contributed by atoms with Gasteiger partial charge in [-0.25, -0.2) is 0 Å². The van der Waals surface area contributed by atoms with Gasteiger partial charge in [-0.05, 0) is 42.4 Å². The van der Waals surface area contributed by atoms with E-state index in [1.807, 2.05) is 0 Å². The zero-order valence-corrected chi connectivity index (χ0v) is 11.3. The molecule has 0 aromatic heterocycles. The first-order chi connectivity index (χ1) is 7.48. The van der Waals surface area contributed by atoms with E-state index in [1.165, 1.54) is 12.8 Å². The van der Waals surface area contributed by atoms with E-state index in [-0.39, 0.29) is 0 Å². The fraction of sp³-hybridized carbons (Fsp3) is 0.933. The molecular formula is C15H26O. The van der Waals surface area contributed by atoms with Crippen LogP contribution in [0.1, 0.15) is 59.8 Å². The maximum atomic E-state index is 12.1. The molecule has 2 saturated carbocycles. The molecule has 4 atom stereocenters. The minimum atomic E-state index is 0.293. The highest BCUT2D eigenvalue weighted by molar-refractivity contribution is 5.82. The number of Topliss-reactive ketones (excluding diaryl/α,β-unsaturated/α-hetero) is 1. The molecule has 2 aliphatic carbocycles. The van der Waals surface area contributed by atoms with Crippen molar-refractivity contribution in [2.75, 3.05) is 0 Å². The Morgan fingerprint density at radius 1 is 1.25 bits per heavy atom. The van der Waals surface area contributed by atoms with Crippen molar-refractivity contribution in [3.8, 4) is 0 Å². The molecular weight excluding hydrogens is 196 g/mol. The topological polar surface area (TPSA) is 17.1 Å². The van der Waals surface area contributed by atoms with Gasteiger partial charge in [-0.3, -0.25) is 4.79 Å². The third-order valence-corrected chi connectivity index (χ3v) is 5.64. The van der Waals surface area contributed by atoms with E-state index in [9.17, 15) is 4.79 Å². The van der Waals surface area contributed by atoms with Gasteiger partial charge in [-0.1, -0.05) is 34.1 Å². The minimum absolute atomic E-state index is 0.293. The fourth-order valence-corrected chi connectivity index (χ4v) is 4.53. The van der Waals surface area contributed by atoms with Gasteiger partial charge in [0.25, 0.3) is 0 Å². The number of hydrogen-bond acceptors (Lipinski definition) is 1. The zero-order valence-electron chi connectivity index (χ0n) is 11.3. The smallest absolute Gasteiger partial charge is 0.136 e. The van der Waals surface area contributed by atoms with Crippen molar-refractivity contribution < 1.29 is 4.79 Å². The second-order valence-electron chi connectivity index (χ2n) is 6.61. The summed E-state index contributed by atoms with van der Waals surface area (Å²) in [5.41, 5.74) is 0.293. The first-order valence-corrected chi connectivity index (χ1v) is 7.00. The molecule has 92 valence electrons. The zero-order chi connectivity index (χ0) is 11.9. The number of carbonyl (C=O) groups is 1. The molecule has 0 aromatic carbocycles. The summed E-state index contributed by atoms with van der Waals surface area (Å²) < 4.78 is 0. The van der Waals surface area contributed by atoms with E-state index >= 15 is 0 Å². The highest BCUT2D eigenvalue weighted by atomic mass is 16.1. The van der Waals surface area contributed by atoms with E-state index in [0.717, 1.165) is 37.0 Å². The van der Waals surface area contributed by atoms with Crippen LogP contribution in [-0.4, -0.2) is 5.78 Å². The first-order valence-electron chi connectivity index (χ1n) is 7.00. The molecule has 0 heterocycles. The van der Waals surface area contributed by atoms with Gasteiger partial charge in [0, 0.05) is 12.3 Å². The average Bonchev–Trinajstić information content (AvgIpc) is 2.23. The van der Waals surface area contributed by atoms with Crippen LogP contribution in [0.5, 0.6) is 0 Å². The lowest BCUT2D eigenvalue weighted by Crippen LogP contribution is -2.51. The van der Waals surface area contributed by atoms with Gasteiger partial charge in [0.05, 0.1) is 0 Å². The molecule has 2 rings (SSSR count). The Morgan fingerprint density at radius 2 is 1.94 bits per heavy atom.